The molecule has 0 saturated carbocycles. The topological polar surface area (TPSA) is 97.4 Å². The molecule has 0 spiro atoms. The van der Waals surface area contributed by atoms with E-state index in [1.54, 1.807) is 6.20 Å². The van der Waals surface area contributed by atoms with E-state index in [-0.39, 0.29) is 12.1 Å². The smallest absolute Gasteiger partial charge is 0.251 e. The van der Waals surface area contributed by atoms with Gasteiger partial charge in [0.1, 0.15) is 6.17 Å². The Morgan fingerprint density at radius 2 is 2.11 bits per heavy atom. The maximum absolute atomic E-state index is 12.0. The maximum Gasteiger partial charge on any atom is 0.251 e. The molecule has 2 aromatic carbocycles. The van der Waals surface area contributed by atoms with Crippen molar-refractivity contribution in [1.29, 1.82) is 0 Å². The Labute approximate surface area is 163 Å². The largest absolute Gasteiger partial charge is 0.352 e. The Hall–Kier alpha value is -3.39. The van der Waals surface area contributed by atoms with Gasteiger partial charge in [-0.25, -0.2) is 10.4 Å². The molecule has 1 atom stereocenters. The number of aromatic nitrogens is 2. The SMILES string of the molecule is CCNC(=O)c1ccc(C2N=C(Nc3ccc4[nH]ncc4c3)N(C)N2)c(C)c1. The normalized spacial score (nSPS) is 16.3. The number of nitrogens with zero attached hydrogens (tertiary/aromatic N) is 3. The highest BCUT2D eigenvalue weighted by molar-refractivity contribution is 5.96. The number of fused-ring (bicyclic) bond motifs is 1. The number of carbonyl (C=O) groups excluding carboxylic acids is 1. The summed E-state index contributed by atoms with van der Waals surface area (Å²) < 4.78 is 0. The van der Waals surface area contributed by atoms with Crippen LogP contribution in [-0.4, -0.2) is 40.7 Å². The summed E-state index contributed by atoms with van der Waals surface area (Å²) in [6.07, 6.45) is 1.58. The standard InChI is InChI=1S/C20H23N7O/c1-4-21-19(28)13-5-7-16(12(2)9-13)18-24-20(27(3)26-18)23-15-6-8-17-14(10-15)11-22-25-17/h5-11,18,26H,4H2,1-3H3,(H,21,28)(H,22,25)(H,23,24). The number of nitrogens with one attached hydrogen (secondary N) is 4. The Kier molecular flexibility index (Phi) is 4.70. The van der Waals surface area contributed by atoms with Gasteiger partial charge in [0, 0.05) is 30.2 Å². The summed E-state index contributed by atoms with van der Waals surface area (Å²) in [5, 5.41) is 16.1. The molecule has 0 bridgehead atoms. The number of hydrogen-bond acceptors (Lipinski definition) is 6. The molecule has 2 heterocycles. The Morgan fingerprint density at radius 3 is 2.89 bits per heavy atom. The molecule has 1 aliphatic rings. The Morgan fingerprint density at radius 1 is 1.25 bits per heavy atom. The van der Waals surface area contributed by atoms with Crippen LogP contribution in [0.3, 0.4) is 0 Å². The first-order chi connectivity index (χ1) is 13.5. The van der Waals surface area contributed by atoms with E-state index >= 15 is 0 Å². The van der Waals surface area contributed by atoms with E-state index in [2.05, 4.69) is 26.3 Å². The van der Waals surface area contributed by atoms with Gasteiger partial charge in [0.05, 0.1) is 11.7 Å². The van der Waals surface area contributed by atoms with Crippen LogP contribution in [0.15, 0.2) is 47.6 Å². The van der Waals surface area contributed by atoms with Gasteiger partial charge in [-0.2, -0.15) is 5.10 Å². The van der Waals surface area contributed by atoms with Gasteiger partial charge >= 0.3 is 0 Å². The van der Waals surface area contributed by atoms with Crippen LogP contribution in [-0.2, 0) is 0 Å². The maximum atomic E-state index is 12.0. The van der Waals surface area contributed by atoms with Crippen LogP contribution in [0.4, 0.5) is 5.69 Å². The molecule has 8 nitrogen and oxygen atoms in total. The third-order valence-electron chi connectivity index (χ3n) is 4.75. The van der Waals surface area contributed by atoms with Crippen molar-refractivity contribution in [2.45, 2.75) is 20.0 Å². The lowest BCUT2D eigenvalue weighted by atomic mass is 10.0. The zero-order valence-corrected chi connectivity index (χ0v) is 16.1. The quantitative estimate of drug-likeness (QED) is 0.560. The van der Waals surface area contributed by atoms with Crippen LogP contribution in [0.5, 0.6) is 0 Å². The Bertz CT molecular complexity index is 1060. The minimum absolute atomic E-state index is 0.0610. The summed E-state index contributed by atoms with van der Waals surface area (Å²) in [6.45, 7) is 4.51. The predicted octanol–water partition coefficient (Wildman–Crippen LogP) is 2.54. The van der Waals surface area contributed by atoms with Gasteiger partial charge in [-0.3, -0.25) is 14.9 Å². The second kappa shape index (κ2) is 7.32. The van der Waals surface area contributed by atoms with Crippen LogP contribution in [0.1, 0.15) is 34.6 Å². The zero-order valence-electron chi connectivity index (χ0n) is 16.1. The molecule has 1 amide bonds. The van der Waals surface area contributed by atoms with Crippen molar-refractivity contribution in [3.05, 3.63) is 59.3 Å². The number of amides is 1. The van der Waals surface area contributed by atoms with Gasteiger partial charge in [0.2, 0.25) is 5.96 Å². The van der Waals surface area contributed by atoms with Crippen LogP contribution in [0.2, 0.25) is 0 Å². The second-order valence-electron chi connectivity index (χ2n) is 6.77. The first kappa shape index (κ1) is 18.0. The van der Waals surface area contributed by atoms with Crippen molar-refractivity contribution in [3.8, 4) is 0 Å². The Balaban J connectivity index is 1.54. The molecule has 0 aliphatic carbocycles. The van der Waals surface area contributed by atoms with Crippen molar-refractivity contribution in [2.75, 3.05) is 18.9 Å². The fourth-order valence-corrected chi connectivity index (χ4v) is 3.27. The molecule has 1 aliphatic heterocycles. The van der Waals surface area contributed by atoms with Gasteiger partial charge in [-0.1, -0.05) is 6.07 Å². The number of aliphatic imine (C=N–C) groups is 1. The van der Waals surface area contributed by atoms with E-state index in [1.165, 1.54) is 0 Å². The molecule has 8 heteroatoms. The molecule has 0 saturated heterocycles. The van der Waals surface area contributed by atoms with Crippen LogP contribution in [0, 0.1) is 6.92 Å². The molecule has 0 radical (unpaired) electrons. The van der Waals surface area contributed by atoms with E-state index in [0.29, 0.717) is 12.1 Å². The third-order valence-corrected chi connectivity index (χ3v) is 4.75. The number of rotatable bonds is 4. The van der Waals surface area contributed by atoms with Crippen molar-refractivity contribution in [2.24, 2.45) is 4.99 Å². The lowest BCUT2D eigenvalue weighted by molar-refractivity contribution is 0.0955. The summed E-state index contributed by atoms with van der Waals surface area (Å²) in [6, 6.07) is 11.7. The molecule has 4 rings (SSSR count). The summed E-state index contributed by atoms with van der Waals surface area (Å²) in [7, 11) is 1.92. The van der Waals surface area contributed by atoms with E-state index in [9.17, 15) is 4.79 Å². The van der Waals surface area contributed by atoms with Gasteiger partial charge in [-0.15, -0.1) is 0 Å². The summed E-state index contributed by atoms with van der Waals surface area (Å²) in [5.74, 6) is 0.661. The highest BCUT2D eigenvalue weighted by Crippen LogP contribution is 2.25. The molecular weight excluding hydrogens is 354 g/mol. The van der Waals surface area contributed by atoms with Crippen molar-refractivity contribution in [1.82, 2.24) is 25.9 Å². The van der Waals surface area contributed by atoms with E-state index in [4.69, 9.17) is 4.99 Å². The number of hydrazine groups is 1. The number of carbonyl (C=O) groups is 1. The van der Waals surface area contributed by atoms with Crippen molar-refractivity contribution < 1.29 is 4.79 Å². The van der Waals surface area contributed by atoms with Gasteiger partial charge in [0.25, 0.3) is 5.91 Å². The molecular formula is C20H23N7O. The molecule has 1 aromatic heterocycles. The minimum Gasteiger partial charge on any atom is -0.352 e. The lowest BCUT2D eigenvalue weighted by Gasteiger charge is -2.18. The molecule has 144 valence electrons. The monoisotopic (exact) mass is 377 g/mol. The average molecular weight is 377 g/mol. The van der Waals surface area contributed by atoms with E-state index in [1.807, 2.05) is 62.3 Å². The molecule has 4 N–H and O–H groups in total. The summed E-state index contributed by atoms with van der Waals surface area (Å²) in [5.41, 5.74) is 7.96. The van der Waals surface area contributed by atoms with E-state index in [0.717, 1.165) is 33.7 Å². The average Bonchev–Trinajstić information content (AvgIpc) is 3.28. The van der Waals surface area contributed by atoms with Gasteiger partial charge < -0.3 is 10.6 Å². The second-order valence-corrected chi connectivity index (χ2v) is 6.77. The van der Waals surface area contributed by atoms with Crippen LogP contribution < -0.4 is 16.1 Å². The number of anilines is 1. The third kappa shape index (κ3) is 3.41. The van der Waals surface area contributed by atoms with Gasteiger partial charge in [0.15, 0.2) is 0 Å². The first-order valence-electron chi connectivity index (χ1n) is 9.21. The molecule has 28 heavy (non-hydrogen) atoms. The fourth-order valence-electron chi connectivity index (χ4n) is 3.27. The number of hydrogen-bond donors (Lipinski definition) is 4. The number of benzene rings is 2. The number of aromatic amines is 1. The highest BCUT2D eigenvalue weighted by Gasteiger charge is 2.24. The summed E-state index contributed by atoms with van der Waals surface area (Å²) >= 11 is 0. The van der Waals surface area contributed by atoms with Crippen LogP contribution >= 0.6 is 0 Å². The van der Waals surface area contributed by atoms with Gasteiger partial charge in [-0.05, 0) is 55.3 Å². The first-order valence-corrected chi connectivity index (χ1v) is 9.21. The predicted molar refractivity (Wildman–Crippen MR) is 110 cm³/mol. The lowest BCUT2D eigenvalue weighted by Crippen LogP contribution is -2.37. The number of guanidine groups is 1. The minimum atomic E-state index is -0.214. The van der Waals surface area contributed by atoms with E-state index < -0.39 is 0 Å². The molecule has 1 unspecified atom stereocenters. The van der Waals surface area contributed by atoms with Crippen LogP contribution in [0.25, 0.3) is 10.9 Å². The zero-order chi connectivity index (χ0) is 19.7. The fraction of sp³-hybridized carbons (Fsp3) is 0.250. The molecule has 3 aromatic rings. The summed E-state index contributed by atoms with van der Waals surface area (Å²) in [4.78, 5) is 16.8. The number of H-pyrrole nitrogens is 1. The van der Waals surface area contributed by atoms with Crippen molar-refractivity contribution in [3.63, 3.8) is 0 Å². The van der Waals surface area contributed by atoms with Crippen molar-refractivity contribution >= 4 is 28.5 Å². The molecule has 0 fully saturated rings. The number of aryl methyl sites for hydroxylation is 1. The highest BCUT2D eigenvalue weighted by atomic mass is 16.1.